The number of carbonyl (C=O) groups is 2. The standard InChI is InChI=1S/C29H26N2O4S/c1-34-26-16-22-24(17-27(26)35-2)31-14-6-8-23(31)21(15-25(22)32)18-10-12-19(13-11-18)30-29(33)20-7-4-5-9-28(20)36-3/h4-14,16-17,21H,15H2,1-3H3,(H,30,33)/t21-/m1/s1. The van der Waals surface area contributed by atoms with E-state index in [4.69, 9.17) is 9.47 Å². The number of hydrogen-bond acceptors (Lipinski definition) is 5. The van der Waals surface area contributed by atoms with E-state index < -0.39 is 0 Å². The number of fused-ring (bicyclic) bond motifs is 3. The number of ether oxygens (including phenoxy) is 2. The van der Waals surface area contributed by atoms with Gasteiger partial charge in [-0.25, -0.2) is 0 Å². The Morgan fingerprint density at radius 3 is 2.42 bits per heavy atom. The summed E-state index contributed by atoms with van der Waals surface area (Å²) in [5.41, 5.74) is 4.73. The molecule has 5 rings (SSSR count). The molecule has 36 heavy (non-hydrogen) atoms. The fraction of sp³-hybridized carbons (Fsp3) is 0.172. The molecule has 1 amide bonds. The van der Waals surface area contributed by atoms with Gasteiger partial charge in [0.1, 0.15) is 0 Å². The molecule has 7 heteroatoms. The first-order valence-electron chi connectivity index (χ1n) is 11.5. The number of anilines is 1. The summed E-state index contributed by atoms with van der Waals surface area (Å²) in [6.45, 7) is 0. The minimum Gasteiger partial charge on any atom is -0.493 e. The molecule has 1 N–H and O–H groups in total. The normalized spacial score (nSPS) is 14.4. The molecular weight excluding hydrogens is 472 g/mol. The summed E-state index contributed by atoms with van der Waals surface area (Å²) in [6.07, 6.45) is 4.23. The van der Waals surface area contributed by atoms with E-state index in [1.54, 1.807) is 32.0 Å². The Balaban J connectivity index is 1.45. The number of carbonyl (C=O) groups excluding carboxylic acids is 2. The van der Waals surface area contributed by atoms with Gasteiger partial charge in [-0.15, -0.1) is 11.8 Å². The number of rotatable bonds is 6. The maximum Gasteiger partial charge on any atom is 0.256 e. The lowest BCUT2D eigenvalue weighted by Gasteiger charge is -2.17. The van der Waals surface area contributed by atoms with Gasteiger partial charge in [0.25, 0.3) is 5.91 Å². The molecule has 0 fully saturated rings. The van der Waals surface area contributed by atoms with E-state index in [0.29, 0.717) is 34.7 Å². The second-order valence-electron chi connectivity index (χ2n) is 8.48. The van der Waals surface area contributed by atoms with Gasteiger partial charge in [-0.1, -0.05) is 24.3 Å². The third-order valence-electron chi connectivity index (χ3n) is 6.51. The van der Waals surface area contributed by atoms with Crippen molar-refractivity contribution in [2.75, 3.05) is 25.8 Å². The van der Waals surface area contributed by atoms with Gasteiger partial charge in [0.15, 0.2) is 17.3 Å². The van der Waals surface area contributed by atoms with Gasteiger partial charge in [-0.3, -0.25) is 9.59 Å². The second kappa shape index (κ2) is 9.95. The molecule has 182 valence electrons. The van der Waals surface area contributed by atoms with E-state index in [1.807, 2.05) is 83.7 Å². The van der Waals surface area contributed by atoms with Crippen LogP contribution < -0.4 is 14.8 Å². The number of amides is 1. The maximum atomic E-state index is 13.4. The summed E-state index contributed by atoms with van der Waals surface area (Å²) in [4.78, 5) is 27.1. The van der Waals surface area contributed by atoms with Crippen LogP contribution in [-0.2, 0) is 0 Å². The third kappa shape index (κ3) is 4.27. The molecule has 0 unspecified atom stereocenters. The zero-order valence-corrected chi connectivity index (χ0v) is 21.1. The first-order chi connectivity index (χ1) is 17.5. The van der Waals surface area contributed by atoms with E-state index >= 15 is 0 Å². The van der Waals surface area contributed by atoms with Gasteiger partial charge >= 0.3 is 0 Å². The van der Waals surface area contributed by atoms with Gasteiger partial charge in [-0.2, -0.15) is 0 Å². The van der Waals surface area contributed by atoms with E-state index in [9.17, 15) is 9.59 Å². The maximum absolute atomic E-state index is 13.4. The van der Waals surface area contributed by atoms with Crippen LogP contribution in [0.4, 0.5) is 5.69 Å². The highest BCUT2D eigenvalue weighted by Gasteiger charge is 2.29. The molecule has 1 aliphatic heterocycles. The number of benzene rings is 3. The molecule has 0 aliphatic carbocycles. The molecule has 0 saturated heterocycles. The van der Waals surface area contributed by atoms with Crippen LogP contribution >= 0.6 is 11.8 Å². The van der Waals surface area contributed by atoms with Crippen molar-refractivity contribution < 1.29 is 19.1 Å². The van der Waals surface area contributed by atoms with Crippen molar-refractivity contribution in [1.29, 1.82) is 0 Å². The quantitative estimate of drug-likeness (QED) is 0.321. The average molecular weight is 499 g/mol. The van der Waals surface area contributed by atoms with Crippen molar-refractivity contribution in [2.24, 2.45) is 0 Å². The number of nitrogens with zero attached hydrogens (tertiary/aromatic N) is 1. The molecule has 1 atom stereocenters. The molecule has 3 aromatic carbocycles. The lowest BCUT2D eigenvalue weighted by molar-refractivity contribution is 0.0977. The van der Waals surface area contributed by atoms with Crippen molar-refractivity contribution in [3.8, 4) is 17.2 Å². The monoisotopic (exact) mass is 498 g/mol. The number of Topliss-reactive ketones (excluding diaryl/α,β-unsaturated/α-hetero) is 1. The topological polar surface area (TPSA) is 69.6 Å². The van der Waals surface area contributed by atoms with Crippen LogP contribution in [0.25, 0.3) is 5.69 Å². The summed E-state index contributed by atoms with van der Waals surface area (Å²) in [5.74, 6) is 0.847. The van der Waals surface area contributed by atoms with Gasteiger partial charge in [0.05, 0.1) is 25.5 Å². The summed E-state index contributed by atoms with van der Waals surface area (Å²) in [5, 5.41) is 2.99. The molecule has 4 aromatic rings. The molecule has 0 spiro atoms. The summed E-state index contributed by atoms with van der Waals surface area (Å²) < 4.78 is 13.0. The number of aromatic nitrogens is 1. The highest BCUT2D eigenvalue weighted by molar-refractivity contribution is 7.98. The third-order valence-corrected chi connectivity index (χ3v) is 7.31. The predicted molar refractivity (Wildman–Crippen MR) is 142 cm³/mol. The SMILES string of the molecule is COc1cc2c(cc1OC)-n1cccc1[C@@H](c1ccc(NC(=O)c3ccccc3SC)cc1)CC2=O. The number of hydrogen-bond donors (Lipinski definition) is 1. The Labute approximate surface area is 214 Å². The molecule has 1 aromatic heterocycles. The zero-order valence-electron chi connectivity index (χ0n) is 20.3. The molecule has 0 saturated carbocycles. The first kappa shape index (κ1) is 23.8. The Morgan fingerprint density at radius 2 is 1.69 bits per heavy atom. The largest absolute Gasteiger partial charge is 0.493 e. The molecule has 0 bridgehead atoms. The fourth-order valence-electron chi connectivity index (χ4n) is 4.71. The van der Waals surface area contributed by atoms with E-state index in [1.165, 1.54) is 0 Å². The second-order valence-corrected chi connectivity index (χ2v) is 9.33. The van der Waals surface area contributed by atoms with Crippen molar-refractivity contribution >= 4 is 29.1 Å². The summed E-state index contributed by atoms with van der Waals surface area (Å²) in [6, 6.07) is 22.9. The Morgan fingerprint density at radius 1 is 0.972 bits per heavy atom. The summed E-state index contributed by atoms with van der Waals surface area (Å²) in [7, 11) is 3.15. The molecule has 0 radical (unpaired) electrons. The van der Waals surface area contributed by atoms with Crippen molar-refractivity contribution in [1.82, 2.24) is 4.57 Å². The van der Waals surface area contributed by atoms with Crippen LogP contribution in [0.5, 0.6) is 11.5 Å². The molecule has 2 heterocycles. The highest BCUT2D eigenvalue weighted by atomic mass is 32.2. The van der Waals surface area contributed by atoms with Crippen molar-refractivity contribution in [2.45, 2.75) is 17.2 Å². The van der Waals surface area contributed by atoms with Gasteiger partial charge < -0.3 is 19.4 Å². The van der Waals surface area contributed by atoms with Gasteiger partial charge in [0, 0.05) is 46.4 Å². The van der Waals surface area contributed by atoms with E-state index in [2.05, 4.69) is 5.32 Å². The lowest BCUT2D eigenvalue weighted by atomic mass is 9.90. The Hall–Kier alpha value is -3.97. The lowest BCUT2D eigenvalue weighted by Crippen LogP contribution is -2.13. The van der Waals surface area contributed by atoms with Gasteiger partial charge in [-0.05, 0) is 54.3 Å². The number of thioether (sulfide) groups is 1. The number of nitrogens with one attached hydrogen (secondary N) is 1. The van der Waals surface area contributed by atoms with Crippen LogP contribution in [0.3, 0.4) is 0 Å². The molecule has 6 nitrogen and oxygen atoms in total. The van der Waals surface area contributed by atoms with Crippen LogP contribution in [0.2, 0.25) is 0 Å². The van der Waals surface area contributed by atoms with Crippen LogP contribution in [0.15, 0.2) is 83.9 Å². The van der Waals surface area contributed by atoms with Crippen LogP contribution in [0, 0.1) is 0 Å². The minimum absolute atomic E-state index is 0.0331. The smallest absolute Gasteiger partial charge is 0.256 e. The fourth-order valence-corrected chi connectivity index (χ4v) is 5.30. The number of methoxy groups -OCH3 is 2. The van der Waals surface area contributed by atoms with Crippen LogP contribution in [-0.4, -0.2) is 36.7 Å². The van der Waals surface area contributed by atoms with Crippen molar-refractivity contribution in [3.63, 3.8) is 0 Å². The predicted octanol–water partition coefficient (Wildman–Crippen LogP) is 6.19. The van der Waals surface area contributed by atoms with E-state index in [-0.39, 0.29) is 17.6 Å². The van der Waals surface area contributed by atoms with Crippen molar-refractivity contribution in [3.05, 3.63) is 101 Å². The Bertz CT molecular complexity index is 1440. The zero-order chi connectivity index (χ0) is 25.2. The number of ketones is 1. The van der Waals surface area contributed by atoms with Crippen LogP contribution in [0.1, 0.15) is 44.3 Å². The van der Waals surface area contributed by atoms with Gasteiger partial charge in [0.2, 0.25) is 0 Å². The highest BCUT2D eigenvalue weighted by Crippen LogP contribution is 2.40. The average Bonchev–Trinajstić information content (AvgIpc) is 3.37. The van der Waals surface area contributed by atoms with E-state index in [0.717, 1.165) is 21.8 Å². The minimum atomic E-state index is -0.149. The first-order valence-corrected chi connectivity index (χ1v) is 12.8. The Kier molecular flexibility index (Phi) is 6.57. The molecule has 1 aliphatic rings. The molecular formula is C29H26N2O4S. The summed E-state index contributed by atoms with van der Waals surface area (Å²) >= 11 is 1.54.